The van der Waals surface area contributed by atoms with E-state index in [0.717, 1.165) is 37.0 Å². The lowest BCUT2D eigenvalue weighted by Gasteiger charge is -2.57. The third-order valence-corrected chi connectivity index (χ3v) is 7.87. The standard InChI is InChI=1S/C24H32N2O4/c1-16(30-21-4-2-20(27)3-5-21)22(28)25-6-8-26(9-7-25)23(29)24-13-17-10-18(14-24)12-19(11-17)15-24/h2-5,16-19,27H,6-15H2,1H3. The van der Waals surface area contributed by atoms with Gasteiger partial charge >= 0.3 is 0 Å². The molecule has 0 aromatic heterocycles. The summed E-state index contributed by atoms with van der Waals surface area (Å²) in [5.74, 6) is 3.33. The average Bonchev–Trinajstić information content (AvgIpc) is 2.73. The summed E-state index contributed by atoms with van der Waals surface area (Å²) in [5.41, 5.74) is -0.101. The fourth-order valence-corrected chi connectivity index (χ4v) is 6.87. The number of phenols is 1. The number of rotatable bonds is 4. The summed E-state index contributed by atoms with van der Waals surface area (Å²) >= 11 is 0. The first kappa shape index (κ1) is 19.7. The second-order valence-corrected chi connectivity index (χ2v) is 10.1. The highest BCUT2D eigenvalue weighted by molar-refractivity contribution is 5.84. The molecule has 6 nitrogen and oxygen atoms in total. The molecule has 4 aliphatic carbocycles. The van der Waals surface area contributed by atoms with Crippen LogP contribution in [0.5, 0.6) is 11.5 Å². The van der Waals surface area contributed by atoms with Crippen molar-refractivity contribution in [3.05, 3.63) is 24.3 Å². The van der Waals surface area contributed by atoms with Gasteiger partial charge < -0.3 is 19.6 Å². The Morgan fingerprint density at radius 1 is 0.933 bits per heavy atom. The summed E-state index contributed by atoms with van der Waals surface area (Å²) in [6.07, 6.45) is 6.70. The van der Waals surface area contributed by atoms with Gasteiger partial charge in [0.05, 0.1) is 5.41 Å². The number of benzene rings is 1. The summed E-state index contributed by atoms with van der Waals surface area (Å²) in [6, 6.07) is 6.39. The molecule has 2 amide bonds. The van der Waals surface area contributed by atoms with Gasteiger partial charge in [0.15, 0.2) is 6.10 Å². The Hall–Kier alpha value is -2.24. The first-order valence-electron chi connectivity index (χ1n) is 11.5. The smallest absolute Gasteiger partial charge is 0.263 e. The maximum absolute atomic E-state index is 13.5. The van der Waals surface area contributed by atoms with E-state index in [-0.39, 0.29) is 17.1 Å². The van der Waals surface area contributed by atoms with Crippen LogP contribution in [0.4, 0.5) is 0 Å². The Balaban J connectivity index is 1.17. The van der Waals surface area contributed by atoms with Crippen LogP contribution < -0.4 is 4.74 Å². The lowest BCUT2D eigenvalue weighted by Crippen LogP contribution is -2.59. The van der Waals surface area contributed by atoms with Crippen molar-refractivity contribution in [2.24, 2.45) is 23.2 Å². The lowest BCUT2D eigenvalue weighted by atomic mass is 9.49. The van der Waals surface area contributed by atoms with Crippen molar-refractivity contribution >= 4 is 11.8 Å². The van der Waals surface area contributed by atoms with Crippen LogP contribution in [0.1, 0.15) is 45.4 Å². The predicted molar refractivity (Wildman–Crippen MR) is 112 cm³/mol. The lowest BCUT2D eigenvalue weighted by molar-refractivity contribution is -0.161. The topological polar surface area (TPSA) is 70.1 Å². The monoisotopic (exact) mass is 412 g/mol. The van der Waals surface area contributed by atoms with Crippen molar-refractivity contribution in [2.45, 2.75) is 51.6 Å². The van der Waals surface area contributed by atoms with E-state index in [2.05, 4.69) is 0 Å². The number of carbonyl (C=O) groups is 2. The van der Waals surface area contributed by atoms with Crippen LogP contribution in [0, 0.1) is 23.2 Å². The van der Waals surface area contributed by atoms with E-state index in [1.165, 1.54) is 19.3 Å². The Bertz CT molecular complexity index is 778. The molecule has 1 atom stereocenters. The summed E-state index contributed by atoms with van der Waals surface area (Å²) in [7, 11) is 0. The molecule has 5 aliphatic rings. The molecule has 1 aliphatic heterocycles. The van der Waals surface area contributed by atoms with Crippen LogP contribution in [0.3, 0.4) is 0 Å². The van der Waals surface area contributed by atoms with Gasteiger partial charge in [0.1, 0.15) is 11.5 Å². The molecular formula is C24H32N2O4. The quantitative estimate of drug-likeness (QED) is 0.825. The summed E-state index contributed by atoms with van der Waals surface area (Å²) in [6.45, 7) is 4.14. The summed E-state index contributed by atoms with van der Waals surface area (Å²) in [5, 5.41) is 9.38. The number of piperazine rings is 1. The SMILES string of the molecule is CC(Oc1ccc(O)cc1)C(=O)N1CCN(C(=O)C23CC4CC(CC(C4)C2)C3)CC1. The van der Waals surface area contributed by atoms with Gasteiger partial charge in [-0.25, -0.2) is 0 Å². The fraction of sp³-hybridized carbons (Fsp3) is 0.667. The zero-order valence-electron chi connectivity index (χ0n) is 17.8. The number of nitrogens with zero attached hydrogens (tertiary/aromatic N) is 2. The number of aromatic hydroxyl groups is 1. The number of ether oxygens (including phenoxy) is 1. The van der Waals surface area contributed by atoms with E-state index < -0.39 is 6.10 Å². The van der Waals surface area contributed by atoms with Crippen LogP contribution in [0.15, 0.2) is 24.3 Å². The van der Waals surface area contributed by atoms with Crippen LogP contribution >= 0.6 is 0 Å². The van der Waals surface area contributed by atoms with Gasteiger partial charge in [0.25, 0.3) is 5.91 Å². The normalized spacial score (nSPS) is 33.4. The van der Waals surface area contributed by atoms with Crippen molar-refractivity contribution in [1.29, 1.82) is 0 Å². The molecule has 1 aromatic rings. The van der Waals surface area contributed by atoms with E-state index >= 15 is 0 Å². The second-order valence-electron chi connectivity index (χ2n) is 10.1. The third kappa shape index (κ3) is 3.54. The molecular weight excluding hydrogens is 380 g/mol. The average molecular weight is 413 g/mol. The molecule has 6 rings (SSSR count). The van der Waals surface area contributed by atoms with E-state index in [4.69, 9.17) is 4.74 Å². The van der Waals surface area contributed by atoms with Crippen LogP contribution in [0.2, 0.25) is 0 Å². The number of hydrogen-bond donors (Lipinski definition) is 1. The molecule has 30 heavy (non-hydrogen) atoms. The third-order valence-electron chi connectivity index (χ3n) is 7.87. The van der Waals surface area contributed by atoms with Gasteiger partial charge in [0.2, 0.25) is 5.91 Å². The summed E-state index contributed by atoms with van der Waals surface area (Å²) < 4.78 is 5.74. The first-order valence-corrected chi connectivity index (χ1v) is 11.5. The molecule has 6 heteroatoms. The van der Waals surface area contributed by atoms with Gasteiger partial charge in [-0.15, -0.1) is 0 Å². The molecule has 4 bridgehead atoms. The molecule has 0 spiro atoms. The minimum Gasteiger partial charge on any atom is -0.508 e. The maximum atomic E-state index is 13.5. The Kier molecular flexibility index (Phi) is 4.91. The number of phenolic OH excluding ortho intramolecular Hbond substituents is 1. The number of amides is 2. The first-order chi connectivity index (χ1) is 14.4. The van der Waals surface area contributed by atoms with Crippen LogP contribution in [0.25, 0.3) is 0 Å². The van der Waals surface area contributed by atoms with Gasteiger partial charge in [-0.3, -0.25) is 9.59 Å². The Labute approximate surface area is 178 Å². The molecule has 1 heterocycles. The zero-order chi connectivity index (χ0) is 20.9. The van der Waals surface area contributed by atoms with E-state index in [0.29, 0.717) is 37.8 Å². The molecule has 1 saturated heterocycles. The van der Waals surface area contributed by atoms with E-state index in [1.807, 2.05) is 9.80 Å². The molecule has 1 N–H and O–H groups in total. The number of carbonyl (C=O) groups excluding carboxylic acids is 2. The molecule has 4 saturated carbocycles. The molecule has 0 radical (unpaired) electrons. The fourth-order valence-electron chi connectivity index (χ4n) is 6.87. The summed E-state index contributed by atoms with van der Waals surface area (Å²) in [4.78, 5) is 30.2. The van der Waals surface area contributed by atoms with Crippen LogP contribution in [-0.2, 0) is 9.59 Å². The Morgan fingerprint density at radius 3 is 1.97 bits per heavy atom. The highest BCUT2D eigenvalue weighted by atomic mass is 16.5. The zero-order valence-corrected chi connectivity index (χ0v) is 17.8. The second kappa shape index (κ2) is 7.47. The van der Waals surface area contributed by atoms with Crippen LogP contribution in [-0.4, -0.2) is 59.0 Å². The molecule has 1 unspecified atom stereocenters. The largest absolute Gasteiger partial charge is 0.508 e. The van der Waals surface area contributed by atoms with Crippen molar-refractivity contribution < 1.29 is 19.4 Å². The minimum absolute atomic E-state index is 0.0509. The van der Waals surface area contributed by atoms with E-state index in [9.17, 15) is 14.7 Å². The molecule has 1 aromatic carbocycles. The van der Waals surface area contributed by atoms with Crippen molar-refractivity contribution in [2.75, 3.05) is 26.2 Å². The van der Waals surface area contributed by atoms with E-state index in [1.54, 1.807) is 31.2 Å². The van der Waals surface area contributed by atoms with Gasteiger partial charge in [0, 0.05) is 26.2 Å². The van der Waals surface area contributed by atoms with Gasteiger partial charge in [-0.2, -0.15) is 0 Å². The molecule has 5 fully saturated rings. The van der Waals surface area contributed by atoms with Crippen molar-refractivity contribution in [3.63, 3.8) is 0 Å². The van der Waals surface area contributed by atoms with Gasteiger partial charge in [-0.05, 0) is 87.5 Å². The highest BCUT2D eigenvalue weighted by Gasteiger charge is 2.55. The molecule has 162 valence electrons. The number of hydrogen-bond acceptors (Lipinski definition) is 4. The predicted octanol–water partition coefficient (Wildman–Crippen LogP) is 3.05. The minimum atomic E-state index is -0.597. The van der Waals surface area contributed by atoms with Crippen molar-refractivity contribution in [1.82, 2.24) is 9.80 Å². The Morgan fingerprint density at radius 2 is 1.43 bits per heavy atom. The van der Waals surface area contributed by atoms with Crippen molar-refractivity contribution in [3.8, 4) is 11.5 Å². The maximum Gasteiger partial charge on any atom is 0.263 e. The van der Waals surface area contributed by atoms with Gasteiger partial charge in [-0.1, -0.05) is 0 Å². The highest BCUT2D eigenvalue weighted by Crippen LogP contribution is 2.60.